The standard InChI is InChI=1S/C20H23N3O6S/c1-14(24)23-15-6-8-17(9-7-15)30(26,27)22-11-10-20(25)21-12-16-13-28-18-4-2-3-5-19(18)29-16/h2-9,16,22H,10-13H2,1H3,(H,21,25)(H,23,24)/t16-/m0/s1. The number of ether oxygens (including phenoxy) is 2. The summed E-state index contributed by atoms with van der Waals surface area (Å²) in [7, 11) is -3.76. The maximum Gasteiger partial charge on any atom is 0.240 e. The third-order valence-electron chi connectivity index (χ3n) is 4.22. The van der Waals surface area contributed by atoms with E-state index in [-0.39, 0.29) is 42.3 Å². The highest BCUT2D eigenvalue weighted by Gasteiger charge is 2.21. The van der Waals surface area contributed by atoms with E-state index in [0.29, 0.717) is 23.8 Å². The lowest BCUT2D eigenvalue weighted by Gasteiger charge is -2.26. The first-order chi connectivity index (χ1) is 14.3. The van der Waals surface area contributed by atoms with Gasteiger partial charge in [-0.2, -0.15) is 0 Å². The highest BCUT2D eigenvalue weighted by atomic mass is 32.2. The highest BCUT2D eigenvalue weighted by Crippen LogP contribution is 2.30. The maximum absolute atomic E-state index is 12.3. The summed E-state index contributed by atoms with van der Waals surface area (Å²) in [6.45, 7) is 1.89. The average molecular weight is 433 g/mol. The molecule has 1 atom stereocenters. The van der Waals surface area contributed by atoms with E-state index in [1.807, 2.05) is 18.2 Å². The number of hydrogen-bond acceptors (Lipinski definition) is 6. The summed E-state index contributed by atoms with van der Waals surface area (Å²) in [6.07, 6.45) is -0.337. The van der Waals surface area contributed by atoms with E-state index in [1.165, 1.54) is 31.2 Å². The van der Waals surface area contributed by atoms with Gasteiger partial charge in [0, 0.05) is 25.6 Å². The van der Waals surface area contributed by atoms with E-state index < -0.39 is 10.0 Å². The third-order valence-corrected chi connectivity index (χ3v) is 5.70. The van der Waals surface area contributed by atoms with E-state index >= 15 is 0 Å². The monoisotopic (exact) mass is 433 g/mol. The molecule has 1 aliphatic rings. The molecule has 2 aromatic carbocycles. The number of nitrogens with one attached hydrogen (secondary N) is 3. The van der Waals surface area contributed by atoms with Crippen molar-refractivity contribution in [2.45, 2.75) is 24.3 Å². The van der Waals surface area contributed by atoms with Crippen molar-refractivity contribution < 1.29 is 27.5 Å². The molecule has 0 spiro atoms. The normalized spacial score (nSPS) is 15.3. The molecule has 160 valence electrons. The summed E-state index contributed by atoms with van der Waals surface area (Å²) in [6, 6.07) is 13.0. The molecule has 2 amide bonds. The van der Waals surface area contributed by atoms with Crippen LogP contribution in [0.4, 0.5) is 5.69 Å². The number of benzene rings is 2. The molecule has 0 saturated carbocycles. The first-order valence-corrected chi connectivity index (χ1v) is 10.8. The van der Waals surface area contributed by atoms with Crippen LogP contribution in [-0.4, -0.2) is 46.0 Å². The van der Waals surface area contributed by atoms with Crippen LogP contribution in [0.3, 0.4) is 0 Å². The Morgan fingerprint density at radius 3 is 2.47 bits per heavy atom. The summed E-state index contributed by atoms with van der Waals surface area (Å²) in [5.41, 5.74) is 0.498. The molecule has 0 bridgehead atoms. The minimum atomic E-state index is -3.76. The molecule has 1 aliphatic heterocycles. The fourth-order valence-corrected chi connectivity index (χ4v) is 3.81. The van der Waals surface area contributed by atoms with Crippen molar-refractivity contribution in [3.8, 4) is 11.5 Å². The Bertz CT molecular complexity index is 1010. The van der Waals surface area contributed by atoms with Crippen LogP contribution in [0.1, 0.15) is 13.3 Å². The molecule has 2 aromatic rings. The van der Waals surface area contributed by atoms with Gasteiger partial charge in [0.05, 0.1) is 11.4 Å². The number of rotatable bonds is 8. The Hall–Kier alpha value is -3.11. The second-order valence-corrected chi connectivity index (χ2v) is 8.42. The Morgan fingerprint density at radius 1 is 1.07 bits per heavy atom. The van der Waals surface area contributed by atoms with Gasteiger partial charge in [-0.15, -0.1) is 0 Å². The number of amides is 2. The Balaban J connectivity index is 1.41. The van der Waals surface area contributed by atoms with E-state index in [2.05, 4.69) is 15.4 Å². The van der Waals surface area contributed by atoms with Crippen molar-refractivity contribution in [1.29, 1.82) is 0 Å². The SMILES string of the molecule is CC(=O)Nc1ccc(S(=O)(=O)NCCC(=O)NC[C@H]2COc3ccccc3O2)cc1. The molecule has 0 fully saturated rings. The number of anilines is 1. The topological polar surface area (TPSA) is 123 Å². The molecule has 9 nitrogen and oxygen atoms in total. The van der Waals surface area contributed by atoms with Crippen LogP contribution in [0.15, 0.2) is 53.4 Å². The van der Waals surface area contributed by atoms with Gasteiger partial charge in [0.2, 0.25) is 21.8 Å². The molecular weight excluding hydrogens is 410 g/mol. The van der Waals surface area contributed by atoms with Crippen LogP contribution in [0.2, 0.25) is 0 Å². The minimum absolute atomic E-state index is 0.0205. The Morgan fingerprint density at radius 2 is 1.77 bits per heavy atom. The van der Waals surface area contributed by atoms with E-state index in [4.69, 9.17) is 9.47 Å². The zero-order valence-electron chi connectivity index (χ0n) is 16.4. The highest BCUT2D eigenvalue weighted by molar-refractivity contribution is 7.89. The van der Waals surface area contributed by atoms with Gasteiger partial charge in [0.25, 0.3) is 0 Å². The zero-order chi connectivity index (χ0) is 21.6. The number of hydrogen-bond donors (Lipinski definition) is 3. The molecular formula is C20H23N3O6S. The average Bonchev–Trinajstić information content (AvgIpc) is 2.72. The first kappa shape index (κ1) is 21.6. The van der Waals surface area contributed by atoms with Gasteiger partial charge in [0.15, 0.2) is 11.5 Å². The van der Waals surface area contributed by atoms with Crippen molar-refractivity contribution in [3.63, 3.8) is 0 Å². The molecule has 0 unspecified atom stereocenters. The van der Waals surface area contributed by atoms with Gasteiger partial charge in [-0.1, -0.05) is 12.1 Å². The van der Waals surface area contributed by atoms with Crippen LogP contribution in [-0.2, 0) is 19.6 Å². The summed E-state index contributed by atoms with van der Waals surface area (Å²) in [5.74, 6) is 0.741. The number of carbonyl (C=O) groups is 2. The second kappa shape index (κ2) is 9.59. The van der Waals surface area contributed by atoms with Crippen LogP contribution in [0.5, 0.6) is 11.5 Å². The van der Waals surface area contributed by atoms with Crippen LogP contribution in [0, 0.1) is 0 Å². The Labute approximate surface area is 174 Å². The van der Waals surface area contributed by atoms with E-state index in [1.54, 1.807) is 6.07 Å². The molecule has 3 N–H and O–H groups in total. The smallest absolute Gasteiger partial charge is 0.240 e. The number of carbonyl (C=O) groups excluding carboxylic acids is 2. The van der Waals surface area contributed by atoms with Gasteiger partial charge < -0.3 is 20.1 Å². The minimum Gasteiger partial charge on any atom is -0.486 e. The lowest BCUT2D eigenvalue weighted by molar-refractivity contribution is -0.121. The van der Waals surface area contributed by atoms with Crippen molar-refractivity contribution in [1.82, 2.24) is 10.0 Å². The van der Waals surface area contributed by atoms with Gasteiger partial charge in [0.1, 0.15) is 12.7 Å². The van der Waals surface area contributed by atoms with Gasteiger partial charge >= 0.3 is 0 Å². The lowest BCUT2D eigenvalue weighted by Crippen LogP contribution is -2.41. The van der Waals surface area contributed by atoms with E-state index in [9.17, 15) is 18.0 Å². The predicted molar refractivity (Wildman–Crippen MR) is 110 cm³/mol. The van der Waals surface area contributed by atoms with Gasteiger partial charge in [-0.3, -0.25) is 9.59 Å². The summed E-state index contributed by atoms with van der Waals surface area (Å²) in [5, 5.41) is 5.28. The predicted octanol–water partition coefficient (Wildman–Crippen LogP) is 1.27. The number of para-hydroxylation sites is 2. The van der Waals surface area contributed by atoms with Crippen molar-refractivity contribution in [2.24, 2.45) is 0 Å². The van der Waals surface area contributed by atoms with Crippen LogP contribution in [0.25, 0.3) is 0 Å². The fourth-order valence-electron chi connectivity index (χ4n) is 2.78. The molecule has 10 heteroatoms. The summed E-state index contributed by atoms with van der Waals surface area (Å²) < 4.78 is 38.3. The molecule has 0 aromatic heterocycles. The first-order valence-electron chi connectivity index (χ1n) is 9.36. The van der Waals surface area contributed by atoms with Gasteiger partial charge in [-0.25, -0.2) is 13.1 Å². The Kier molecular flexibility index (Phi) is 6.91. The quantitative estimate of drug-likeness (QED) is 0.576. The number of fused-ring (bicyclic) bond motifs is 1. The maximum atomic E-state index is 12.3. The van der Waals surface area contributed by atoms with Crippen molar-refractivity contribution >= 4 is 27.5 Å². The van der Waals surface area contributed by atoms with Crippen molar-refractivity contribution in [2.75, 3.05) is 25.0 Å². The zero-order valence-corrected chi connectivity index (χ0v) is 17.2. The molecule has 0 radical (unpaired) electrons. The van der Waals surface area contributed by atoms with Crippen molar-refractivity contribution in [3.05, 3.63) is 48.5 Å². The molecule has 3 rings (SSSR count). The molecule has 0 aliphatic carbocycles. The largest absolute Gasteiger partial charge is 0.486 e. The second-order valence-electron chi connectivity index (χ2n) is 6.66. The molecule has 1 heterocycles. The van der Waals surface area contributed by atoms with Crippen LogP contribution < -0.4 is 24.8 Å². The fraction of sp³-hybridized carbons (Fsp3) is 0.300. The molecule has 30 heavy (non-hydrogen) atoms. The van der Waals surface area contributed by atoms with E-state index in [0.717, 1.165) is 0 Å². The summed E-state index contributed by atoms with van der Waals surface area (Å²) in [4.78, 5) is 23.1. The number of sulfonamides is 1. The molecule has 0 saturated heterocycles. The lowest BCUT2D eigenvalue weighted by atomic mass is 10.2. The third kappa shape index (κ3) is 5.94. The van der Waals surface area contributed by atoms with Gasteiger partial charge in [-0.05, 0) is 36.4 Å². The van der Waals surface area contributed by atoms with Crippen LogP contribution >= 0.6 is 0 Å². The summed E-state index contributed by atoms with van der Waals surface area (Å²) >= 11 is 0.